The van der Waals surface area contributed by atoms with Crippen LogP contribution in [0.15, 0.2) is 18.2 Å². The van der Waals surface area contributed by atoms with Gasteiger partial charge in [-0.05, 0) is 18.2 Å². The smallest absolute Gasteiger partial charge is 0.231 e. The largest absolute Gasteiger partial charge is 0.454 e. The van der Waals surface area contributed by atoms with Gasteiger partial charge in [-0.3, -0.25) is 4.79 Å². The van der Waals surface area contributed by atoms with Gasteiger partial charge in [-0.15, -0.1) is 0 Å². The van der Waals surface area contributed by atoms with Crippen LogP contribution in [0.2, 0.25) is 0 Å². The van der Waals surface area contributed by atoms with E-state index in [-0.39, 0.29) is 18.0 Å². The average molecular weight is 206 g/mol. The second kappa shape index (κ2) is 3.26. The molecule has 1 aromatic rings. The van der Waals surface area contributed by atoms with E-state index in [0.717, 1.165) is 0 Å². The number of carbonyl (C=O) groups excluding carboxylic acids is 1. The van der Waals surface area contributed by atoms with Gasteiger partial charge < -0.3 is 9.47 Å². The van der Waals surface area contributed by atoms with Crippen LogP contribution in [0.5, 0.6) is 11.5 Å². The zero-order valence-electron chi connectivity index (χ0n) is 9.16. The lowest BCUT2D eigenvalue weighted by atomic mass is 9.86. The van der Waals surface area contributed by atoms with E-state index in [9.17, 15) is 4.79 Å². The van der Waals surface area contributed by atoms with E-state index < -0.39 is 0 Å². The third kappa shape index (κ3) is 1.82. The summed E-state index contributed by atoms with van der Waals surface area (Å²) in [6.45, 7) is 5.95. The van der Waals surface area contributed by atoms with Crippen molar-refractivity contribution < 1.29 is 14.3 Å². The fraction of sp³-hybridized carbons (Fsp3) is 0.417. The van der Waals surface area contributed by atoms with Crippen LogP contribution in [-0.4, -0.2) is 12.6 Å². The predicted octanol–water partition coefficient (Wildman–Crippen LogP) is 2.64. The van der Waals surface area contributed by atoms with Gasteiger partial charge in [0.2, 0.25) is 6.79 Å². The molecule has 0 atom stereocenters. The van der Waals surface area contributed by atoms with Crippen molar-refractivity contribution in [3.63, 3.8) is 0 Å². The molecule has 0 unspecified atom stereocenters. The number of hydrogen-bond donors (Lipinski definition) is 0. The maximum absolute atomic E-state index is 12.0. The Kier molecular flexibility index (Phi) is 2.18. The van der Waals surface area contributed by atoms with Crippen molar-refractivity contribution >= 4 is 5.78 Å². The van der Waals surface area contributed by atoms with Crippen molar-refractivity contribution in [1.82, 2.24) is 0 Å². The molecule has 0 N–H and O–H groups in total. The fourth-order valence-electron chi connectivity index (χ4n) is 1.47. The Hall–Kier alpha value is -1.51. The van der Waals surface area contributed by atoms with E-state index in [1.54, 1.807) is 18.2 Å². The summed E-state index contributed by atoms with van der Waals surface area (Å²) in [4.78, 5) is 12.0. The molecular formula is C12H14O3. The lowest BCUT2D eigenvalue weighted by Gasteiger charge is -2.16. The Morgan fingerprint density at radius 2 is 1.87 bits per heavy atom. The summed E-state index contributed by atoms with van der Waals surface area (Å²) >= 11 is 0. The number of carbonyl (C=O) groups is 1. The molecule has 2 rings (SSSR count). The number of ketones is 1. The van der Waals surface area contributed by atoms with Crippen molar-refractivity contribution in [3.8, 4) is 11.5 Å². The van der Waals surface area contributed by atoms with E-state index in [0.29, 0.717) is 17.1 Å². The van der Waals surface area contributed by atoms with Crippen LogP contribution < -0.4 is 9.47 Å². The molecule has 3 nitrogen and oxygen atoms in total. The molecule has 0 bridgehead atoms. The third-order valence-corrected chi connectivity index (χ3v) is 2.32. The van der Waals surface area contributed by atoms with Gasteiger partial charge in [0.15, 0.2) is 17.3 Å². The number of benzene rings is 1. The van der Waals surface area contributed by atoms with Crippen molar-refractivity contribution in [3.05, 3.63) is 23.8 Å². The lowest BCUT2D eigenvalue weighted by Crippen LogP contribution is -2.19. The normalized spacial score (nSPS) is 14.1. The van der Waals surface area contributed by atoms with Crippen LogP contribution in [0.1, 0.15) is 31.1 Å². The van der Waals surface area contributed by atoms with Crippen LogP contribution >= 0.6 is 0 Å². The second-order valence-corrected chi connectivity index (χ2v) is 4.65. The van der Waals surface area contributed by atoms with E-state index in [2.05, 4.69) is 0 Å². The molecule has 3 heteroatoms. The number of rotatable bonds is 1. The minimum atomic E-state index is -0.367. The van der Waals surface area contributed by atoms with Crippen LogP contribution in [0, 0.1) is 5.41 Å². The van der Waals surface area contributed by atoms with Gasteiger partial charge >= 0.3 is 0 Å². The van der Waals surface area contributed by atoms with E-state index in [1.165, 1.54) is 0 Å². The Bertz CT molecular complexity index is 402. The molecule has 0 saturated carbocycles. The van der Waals surface area contributed by atoms with Gasteiger partial charge in [0.1, 0.15) is 0 Å². The van der Waals surface area contributed by atoms with Gasteiger partial charge in [0, 0.05) is 11.0 Å². The molecule has 0 aliphatic carbocycles. The average Bonchev–Trinajstić information content (AvgIpc) is 2.61. The summed E-state index contributed by atoms with van der Waals surface area (Å²) < 4.78 is 10.4. The minimum Gasteiger partial charge on any atom is -0.454 e. The highest BCUT2D eigenvalue weighted by molar-refractivity contribution is 6.00. The van der Waals surface area contributed by atoms with Gasteiger partial charge in [0.05, 0.1) is 0 Å². The Labute approximate surface area is 89.0 Å². The first-order valence-corrected chi connectivity index (χ1v) is 4.93. The molecular weight excluding hydrogens is 192 g/mol. The van der Waals surface area contributed by atoms with Crippen LogP contribution in [-0.2, 0) is 0 Å². The quantitative estimate of drug-likeness (QED) is 0.662. The highest BCUT2D eigenvalue weighted by Gasteiger charge is 2.24. The number of fused-ring (bicyclic) bond motifs is 1. The standard InChI is InChI=1S/C12H14O3/c1-12(2,3)11(13)8-4-5-9-10(6-8)15-7-14-9/h4-6H,7H2,1-3H3. The van der Waals surface area contributed by atoms with Gasteiger partial charge in [0.25, 0.3) is 0 Å². The zero-order valence-corrected chi connectivity index (χ0v) is 9.16. The van der Waals surface area contributed by atoms with E-state index in [4.69, 9.17) is 9.47 Å². The first-order valence-electron chi connectivity index (χ1n) is 4.93. The van der Waals surface area contributed by atoms with Crippen molar-refractivity contribution in [1.29, 1.82) is 0 Å². The number of Topliss-reactive ketones (excluding diaryl/α,β-unsaturated/α-hetero) is 1. The molecule has 80 valence electrons. The summed E-state index contributed by atoms with van der Waals surface area (Å²) in [5, 5.41) is 0. The SMILES string of the molecule is CC(C)(C)C(=O)c1ccc2c(c1)OCO2. The third-order valence-electron chi connectivity index (χ3n) is 2.32. The molecule has 0 fully saturated rings. The molecule has 1 aliphatic rings. The molecule has 0 aromatic heterocycles. The fourth-order valence-corrected chi connectivity index (χ4v) is 1.47. The number of ether oxygens (including phenoxy) is 2. The van der Waals surface area contributed by atoms with Gasteiger partial charge in [-0.2, -0.15) is 0 Å². The lowest BCUT2D eigenvalue weighted by molar-refractivity contribution is 0.0858. The van der Waals surface area contributed by atoms with Crippen molar-refractivity contribution in [2.45, 2.75) is 20.8 Å². The summed E-state index contributed by atoms with van der Waals surface area (Å²) in [6.07, 6.45) is 0. The molecule has 1 aromatic carbocycles. The summed E-state index contributed by atoms with van der Waals surface area (Å²) in [7, 11) is 0. The molecule has 1 aliphatic heterocycles. The minimum absolute atomic E-state index is 0.112. The first kappa shape index (κ1) is 10.0. The Balaban J connectivity index is 2.35. The first-order chi connectivity index (χ1) is 6.98. The summed E-state index contributed by atoms with van der Waals surface area (Å²) in [5.41, 5.74) is 0.306. The van der Waals surface area contributed by atoms with E-state index >= 15 is 0 Å². The second-order valence-electron chi connectivity index (χ2n) is 4.65. The molecule has 15 heavy (non-hydrogen) atoms. The van der Waals surface area contributed by atoms with Crippen LogP contribution in [0.3, 0.4) is 0 Å². The summed E-state index contributed by atoms with van der Waals surface area (Å²) in [5.74, 6) is 1.48. The highest BCUT2D eigenvalue weighted by Crippen LogP contribution is 2.34. The highest BCUT2D eigenvalue weighted by atomic mass is 16.7. The molecule has 1 heterocycles. The van der Waals surface area contributed by atoms with Gasteiger partial charge in [-0.25, -0.2) is 0 Å². The van der Waals surface area contributed by atoms with Gasteiger partial charge in [-0.1, -0.05) is 20.8 Å². The molecule has 0 amide bonds. The number of hydrogen-bond acceptors (Lipinski definition) is 3. The van der Waals surface area contributed by atoms with Crippen molar-refractivity contribution in [2.75, 3.05) is 6.79 Å². The monoisotopic (exact) mass is 206 g/mol. The Morgan fingerprint density at radius 1 is 1.20 bits per heavy atom. The molecule has 0 radical (unpaired) electrons. The summed E-state index contributed by atoms with van der Waals surface area (Å²) in [6, 6.07) is 5.30. The van der Waals surface area contributed by atoms with E-state index in [1.807, 2.05) is 20.8 Å². The maximum Gasteiger partial charge on any atom is 0.231 e. The topological polar surface area (TPSA) is 35.5 Å². The van der Waals surface area contributed by atoms with Crippen LogP contribution in [0.4, 0.5) is 0 Å². The van der Waals surface area contributed by atoms with Crippen molar-refractivity contribution in [2.24, 2.45) is 5.41 Å². The Morgan fingerprint density at radius 3 is 2.53 bits per heavy atom. The maximum atomic E-state index is 12.0. The zero-order chi connectivity index (χ0) is 11.1. The molecule has 0 saturated heterocycles. The van der Waals surface area contributed by atoms with Crippen LogP contribution in [0.25, 0.3) is 0 Å². The molecule has 0 spiro atoms. The predicted molar refractivity (Wildman–Crippen MR) is 56.4 cm³/mol.